The number of benzene rings is 1. The minimum absolute atomic E-state index is 0.0274. The van der Waals surface area contributed by atoms with E-state index in [1.165, 1.54) is 17.5 Å². The highest BCUT2D eigenvalue weighted by Crippen LogP contribution is 2.34. The fraction of sp³-hybridized carbons (Fsp3) is 0.273. The second kappa shape index (κ2) is 3.92. The molecule has 2 rings (SSSR count). The number of sulfone groups is 1. The van der Waals surface area contributed by atoms with Crippen LogP contribution in [0, 0.1) is 0 Å². The third-order valence-electron chi connectivity index (χ3n) is 2.48. The molecule has 86 valence electrons. The third-order valence-corrected chi connectivity index (χ3v) is 4.03. The topological polar surface area (TPSA) is 66.4 Å². The zero-order chi connectivity index (χ0) is 11.8. The zero-order valence-electron chi connectivity index (χ0n) is 8.90. The first-order valence-electron chi connectivity index (χ1n) is 5.04. The van der Waals surface area contributed by atoms with Crippen LogP contribution < -0.4 is 5.32 Å². The molecule has 0 atom stereocenters. The van der Waals surface area contributed by atoms with Crippen molar-refractivity contribution < 1.29 is 13.5 Å². The first kappa shape index (κ1) is 11.2. The molecule has 0 amide bonds. The Bertz CT molecular complexity index is 546. The van der Waals surface area contributed by atoms with Crippen molar-refractivity contribution in [2.45, 2.75) is 11.8 Å². The second-order valence-electron chi connectivity index (χ2n) is 3.65. The van der Waals surface area contributed by atoms with E-state index in [1.807, 2.05) is 6.92 Å². The number of aromatic hydroxyl groups is 1. The van der Waals surface area contributed by atoms with Gasteiger partial charge in [-0.15, -0.1) is 0 Å². The van der Waals surface area contributed by atoms with Crippen LogP contribution >= 0.6 is 0 Å². The van der Waals surface area contributed by atoms with Crippen molar-refractivity contribution in [3.63, 3.8) is 0 Å². The first-order valence-corrected chi connectivity index (χ1v) is 6.59. The first-order chi connectivity index (χ1) is 7.54. The van der Waals surface area contributed by atoms with E-state index in [4.69, 9.17) is 0 Å². The maximum absolute atomic E-state index is 11.8. The summed E-state index contributed by atoms with van der Waals surface area (Å²) in [6.07, 6.45) is 0. The average Bonchev–Trinajstić information content (AvgIpc) is 2.48. The molecule has 0 aromatic heterocycles. The Kier molecular flexibility index (Phi) is 2.73. The summed E-state index contributed by atoms with van der Waals surface area (Å²) < 4.78 is 23.5. The molecular weight excluding hydrogens is 226 g/mol. The van der Waals surface area contributed by atoms with E-state index in [9.17, 15) is 13.5 Å². The van der Waals surface area contributed by atoms with Crippen molar-refractivity contribution >= 4 is 15.4 Å². The number of fused-ring (bicyclic) bond motifs is 1. The van der Waals surface area contributed by atoms with Crippen molar-refractivity contribution in [3.8, 4) is 5.75 Å². The van der Waals surface area contributed by atoms with E-state index in [1.54, 1.807) is 6.07 Å². The molecule has 4 nitrogen and oxygen atoms in total. The monoisotopic (exact) mass is 239 g/mol. The Morgan fingerprint density at radius 3 is 2.81 bits per heavy atom. The maximum atomic E-state index is 11.8. The molecule has 0 saturated heterocycles. The molecule has 1 aliphatic heterocycles. The van der Waals surface area contributed by atoms with Gasteiger partial charge in [-0.25, -0.2) is 8.42 Å². The van der Waals surface area contributed by atoms with E-state index >= 15 is 0 Å². The molecule has 0 radical (unpaired) electrons. The van der Waals surface area contributed by atoms with Gasteiger partial charge >= 0.3 is 0 Å². The smallest absolute Gasteiger partial charge is 0.200 e. The second-order valence-corrected chi connectivity index (χ2v) is 5.41. The lowest BCUT2D eigenvalue weighted by atomic mass is 10.1. The summed E-state index contributed by atoms with van der Waals surface area (Å²) in [7, 11) is -3.37. The molecule has 2 N–H and O–H groups in total. The quantitative estimate of drug-likeness (QED) is 0.829. The number of rotatable bonds is 3. The van der Waals surface area contributed by atoms with Crippen molar-refractivity contribution in [1.29, 1.82) is 0 Å². The van der Waals surface area contributed by atoms with Gasteiger partial charge in [0.05, 0.1) is 4.90 Å². The highest BCUT2D eigenvalue weighted by Gasteiger charge is 2.26. The van der Waals surface area contributed by atoms with Crippen LogP contribution in [0.3, 0.4) is 0 Å². The van der Waals surface area contributed by atoms with Crippen molar-refractivity contribution in [1.82, 2.24) is 5.32 Å². The average molecular weight is 239 g/mol. The van der Waals surface area contributed by atoms with Gasteiger partial charge in [0.1, 0.15) is 5.75 Å². The third kappa shape index (κ3) is 1.83. The Morgan fingerprint density at radius 1 is 1.38 bits per heavy atom. The largest absolute Gasteiger partial charge is 0.508 e. The summed E-state index contributed by atoms with van der Waals surface area (Å²) in [6.45, 7) is 3.26. The number of nitrogens with one attached hydrogen (secondary N) is 1. The fourth-order valence-corrected chi connectivity index (χ4v) is 3.23. The molecule has 16 heavy (non-hydrogen) atoms. The Hall–Kier alpha value is -1.33. The molecule has 0 unspecified atom stereocenters. The lowest BCUT2D eigenvalue weighted by Crippen LogP contribution is -2.14. The highest BCUT2D eigenvalue weighted by molar-refractivity contribution is 7.95. The Morgan fingerprint density at radius 2 is 2.12 bits per heavy atom. The normalized spacial score (nSPS) is 16.9. The SMILES string of the molecule is CCNCC1=CS(=O)(=O)c2cc(O)ccc21. The highest BCUT2D eigenvalue weighted by atomic mass is 32.2. The van der Waals surface area contributed by atoms with Crippen LogP contribution in [0.2, 0.25) is 0 Å². The van der Waals surface area contributed by atoms with E-state index in [-0.39, 0.29) is 10.6 Å². The van der Waals surface area contributed by atoms with Crippen LogP contribution in [0.25, 0.3) is 5.57 Å². The van der Waals surface area contributed by atoms with Gasteiger partial charge in [-0.05, 0) is 35.9 Å². The lowest BCUT2D eigenvalue weighted by molar-refractivity contribution is 0.473. The van der Waals surface area contributed by atoms with Crippen molar-refractivity contribution in [2.75, 3.05) is 13.1 Å². The number of likely N-dealkylation sites (N-methyl/N-ethyl adjacent to an activating group) is 1. The van der Waals surface area contributed by atoms with Crippen LogP contribution in [-0.2, 0) is 9.84 Å². The van der Waals surface area contributed by atoms with Gasteiger partial charge in [-0.3, -0.25) is 0 Å². The molecule has 0 saturated carbocycles. The molecule has 1 aliphatic rings. The Labute approximate surface area is 94.5 Å². The van der Waals surface area contributed by atoms with Crippen LogP contribution in [0.5, 0.6) is 5.75 Å². The number of phenols is 1. The maximum Gasteiger partial charge on any atom is 0.200 e. The molecule has 0 aliphatic carbocycles. The van der Waals surface area contributed by atoms with Gasteiger partial charge in [0.2, 0.25) is 9.84 Å². The minimum atomic E-state index is -3.37. The van der Waals surface area contributed by atoms with Crippen LogP contribution in [0.4, 0.5) is 0 Å². The molecule has 0 spiro atoms. The van der Waals surface area contributed by atoms with Gasteiger partial charge in [-0.1, -0.05) is 6.92 Å². The molecule has 5 heteroatoms. The van der Waals surface area contributed by atoms with Crippen LogP contribution in [0.15, 0.2) is 28.5 Å². The number of hydrogen-bond donors (Lipinski definition) is 2. The predicted molar refractivity (Wildman–Crippen MR) is 61.8 cm³/mol. The standard InChI is InChI=1S/C11H13NO3S/c1-2-12-6-8-7-16(14,15)11-5-9(13)3-4-10(8)11/h3-5,7,12-13H,2,6H2,1H3. The van der Waals surface area contributed by atoms with E-state index in [0.717, 1.165) is 12.1 Å². The summed E-state index contributed by atoms with van der Waals surface area (Å²) in [5.74, 6) is -0.0274. The van der Waals surface area contributed by atoms with E-state index in [0.29, 0.717) is 12.1 Å². The fourth-order valence-electron chi connectivity index (χ4n) is 1.72. The van der Waals surface area contributed by atoms with Gasteiger partial charge in [0.25, 0.3) is 0 Å². The number of phenolic OH excluding ortho intramolecular Hbond substituents is 1. The van der Waals surface area contributed by atoms with Crippen molar-refractivity contribution in [3.05, 3.63) is 29.2 Å². The minimum Gasteiger partial charge on any atom is -0.508 e. The van der Waals surface area contributed by atoms with Crippen LogP contribution in [0.1, 0.15) is 12.5 Å². The zero-order valence-corrected chi connectivity index (χ0v) is 9.71. The summed E-state index contributed by atoms with van der Waals surface area (Å²) >= 11 is 0. The van der Waals surface area contributed by atoms with Gasteiger partial charge < -0.3 is 10.4 Å². The molecule has 1 aromatic rings. The predicted octanol–water partition coefficient (Wildman–Crippen LogP) is 1.13. The molecule has 0 fully saturated rings. The summed E-state index contributed by atoms with van der Waals surface area (Å²) in [5.41, 5.74) is 1.43. The molecule has 0 bridgehead atoms. The number of hydrogen-bond acceptors (Lipinski definition) is 4. The van der Waals surface area contributed by atoms with Gasteiger partial charge in [-0.2, -0.15) is 0 Å². The molecule has 1 heterocycles. The summed E-state index contributed by atoms with van der Waals surface area (Å²) in [4.78, 5) is 0.195. The molecule has 1 aromatic carbocycles. The van der Waals surface area contributed by atoms with E-state index < -0.39 is 9.84 Å². The summed E-state index contributed by atoms with van der Waals surface area (Å²) in [5, 5.41) is 13.6. The van der Waals surface area contributed by atoms with Gasteiger partial charge in [0.15, 0.2) is 0 Å². The van der Waals surface area contributed by atoms with Gasteiger partial charge in [0, 0.05) is 12.0 Å². The molecular formula is C11H13NO3S. The summed E-state index contributed by atoms with van der Waals surface area (Å²) in [6, 6.07) is 4.43. The lowest BCUT2D eigenvalue weighted by Gasteiger charge is -2.04. The van der Waals surface area contributed by atoms with E-state index in [2.05, 4.69) is 5.32 Å². The Balaban J connectivity index is 2.48. The van der Waals surface area contributed by atoms with Crippen LogP contribution in [-0.4, -0.2) is 26.6 Å². The van der Waals surface area contributed by atoms with Crippen molar-refractivity contribution in [2.24, 2.45) is 0 Å².